The highest BCUT2D eigenvalue weighted by Crippen LogP contribution is 2.32. The predicted octanol–water partition coefficient (Wildman–Crippen LogP) is 3.64. The second-order valence-electron chi connectivity index (χ2n) is 7.49. The predicted molar refractivity (Wildman–Crippen MR) is 130 cm³/mol. The number of carbonyl (C=O) groups is 1. The summed E-state index contributed by atoms with van der Waals surface area (Å²) in [6, 6.07) is 7.35. The van der Waals surface area contributed by atoms with Crippen LogP contribution in [0.4, 0.5) is 10.8 Å². The summed E-state index contributed by atoms with van der Waals surface area (Å²) in [5, 5.41) is 13.4. The van der Waals surface area contributed by atoms with E-state index in [4.69, 9.17) is 11.6 Å². The zero-order valence-electron chi connectivity index (χ0n) is 17.7. The Hall–Kier alpha value is -2.43. The van der Waals surface area contributed by atoms with Gasteiger partial charge in [0.05, 0.1) is 26.3 Å². The molecule has 0 bridgehead atoms. The van der Waals surface area contributed by atoms with E-state index in [0.717, 1.165) is 53.1 Å². The van der Waals surface area contributed by atoms with Crippen molar-refractivity contribution in [2.45, 2.75) is 26.2 Å². The van der Waals surface area contributed by atoms with E-state index in [1.807, 2.05) is 0 Å². The molecule has 0 aliphatic carbocycles. The van der Waals surface area contributed by atoms with Crippen LogP contribution in [0, 0.1) is 16.0 Å². The molecule has 0 radical (unpaired) electrons. The molecule has 2 aromatic heterocycles. The Morgan fingerprint density at radius 3 is 2.46 bits per heavy atom. The average Bonchev–Trinajstić information content (AvgIpc) is 3.49. The van der Waals surface area contributed by atoms with Gasteiger partial charge in [0.1, 0.15) is 8.42 Å². The summed E-state index contributed by atoms with van der Waals surface area (Å²) in [4.78, 5) is 26.8. The van der Waals surface area contributed by atoms with Crippen molar-refractivity contribution < 1.29 is 26.6 Å². The first-order valence-electron chi connectivity index (χ1n) is 10.0. The van der Waals surface area contributed by atoms with Gasteiger partial charge < -0.3 is 5.32 Å². The van der Waals surface area contributed by atoms with Crippen LogP contribution in [0.5, 0.6) is 0 Å². The highest BCUT2D eigenvalue weighted by molar-refractivity contribution is 7.93. The van der Waals surface area contributed by atoms with Crippen molar-refractivity contribution >= 4 is 70.9 Å². The molecule has 1 aromatic carbocycles. The van der Waals surface area contributed by atoms with Gasteiger partial charge in [-0.25, -0.2) is 21.8 Å². The number of anilines is 1. The third-order valence-electron chi connectivity index (χ3n) is 5.23. The van der Waals surface area contributed by atoms with Gasteiger partial charge in [-0.3, -0.25) is 14.9 Å². The van der Waals surface area contributed by atoms with E-state index in [2.05, 4.69) is 10.3 Å². The molecule has 1 atom stereocenters. The number of nitrogens with one attached hydrogen (secondary N) is 1. The lowest BCUT2D eigenvalue weighted by atomic mass is 9.99. The number of sulfone groups is 1. The van der Waals surface area contributed by atoms with Gasteiger partial charge >= 0.3 is 0 Å². The number of thiophene rings is 1. The van der Waals surface area contributed by atoms with Gasteiger partial charge in [0.2, 0.25) is 15.7 Å². The SMILES string of the molecule is O=C(Nc1ncc(S(=O)(=O)c2ccc([N+](=O)[O-])cc2)s1)C1CCCN(S(=O)(=O)c2ccc(Cl)s2)C1. The first-order chi connectivity index (χ1) is 16.5. The van der Waals surface area contributed by atoms with Gasteiger partial charge in [0.25, 0.3) is 15.7 Å². The van der Waals surface area contributed by atoms with Crippen LogP contribution in [-0.4, -0.2) is 50.0 Å². The number of thiazole rings is 1. The molecule has 3 heterocycles. The molecule has 16 heteroatoms. The molecular formula is C19H17ClN4O7S4. The molecule has 1 aliphatic rings. The van der Waals surface area contributed by atoms with Gasteiger partial charge in [0, 0.05) is 25.2 Å². The van der Waals surface area contributed by atoms with Crippen LogP contribution in [0.1, 0.15) is 12.8 Å². The number of nitrogens with zero attached hydrogens (tertiary/aromatic N) is 3. The molecule has 4 rings (SSSR count). The fourth-order valence-electron chi connectivity index (χ4n) is 3.45. The lowest BCUT2D eigenvalue weighted by Gasteiger charge is -2.30. The summed E-state index contributed by atoms with van der Waals surface area (Å²) in [7, 11) is -7.78. The summed E-state index contributed by atoms with van der Waals surface area (Å²) in [6.07, 6.45) is 2.03. The molecule has 1 saturated heterocycles. The molecule has 0 spiro atoms. The van der Waals surface area contributed by atoms with Crippen molar-refractivity contribution in [3.63, 3.8) is 0 Å². The maximum atomic E-state index is 12.9. The molecule has 1 unspecified atom stereocenters. The first-order valence-corrected chi connectivity index (χ1v) is 14.9. The van der Waals surface area contributed by atoms with Gasteiger partial charge in [-0.05, 0) is 37.1 Å². The standard InChI is InChI=1S/C19H17ClN4O7S4/c20-15-7-8-16(32-15)35(30,31)23-9-1-2-12(11-23)18(25)22-19-21-10-17(33-19)34(28,29)14-5-3-13(4-6-14)24(26)27/h3-8,10,12H,1-2,9,11H2,(H,21,22,25). The number of hydrogen-bond donors (Lipinski definition) is 1. The van der Waals surface area contributed by atoms with E-state index < -0.39 is 36.6 Å². The summed E-state index contributed by atoms with van der Waals surface area (Å²) in [6.45, 7) is 0.250. The zero-order chi connectivity index (χ0) is 25.4. The minimum Gasteiger partial charge on any atom is -0.302 e. The molecule has 11 nitrogen and oxygen atoms in total. The summed E-state index contributed by atoms with van der Waals surface area (Å²) in [5.74, 6) is -1.12. The monoisotopic (exact) mass is 576 g/mol. The average molecular weight is 577 g/mol. The zero-order valence-corrected chi connectivity index (χ0v) is 21.7. The van der Waals surface area contributed by atoms with Crippen LogP contribution in [0.15, 0.2) is 55.9 Å². The molecular weight excluding hydrogens is 560 g/mol. The number of rotatable bonds is 7. The number of piperidine rings is 1. The van der Waals surface area contributed by atoms with Crippen LogP contribution in [0.25, 0.3) is 0 Å². The fraction of sp³-hybridized carbons (Fsp3) is 0.263. The lowest BCUT2D eigenvalue weighted by molar-refractivity contribution is -0.384. The minimum atomic E-state index is -3.99. The van der Waals surface area contributed by atoms with E-state index in [9.17, 15) is 31.7 Å². The van der Waals surface area contributed by atoms with Crippen molar-refractivity contribution in [2.75, 3.05) is 18.4 Å². The number of aromatic nitrogens is 1. The normalized spacial score (nSPS) is 17.2. The van der Waals surface area contributed by atoms with Gasteiger partial charge in [-0.1, -0.05) is 22.9 Å². The van der Waals surface area contributed by atoms with Gasteiger partial charge in [0.15, 0.2) is 5.13 Å². The van der Waals surface area contributed by atoms with Crippen LogP contribution in [0.2, 0.25) is 4.34 Å². The van der Waals surface area contributed by atoms with Crippen LogP contribution < -0.4 is 5.32 Å². The first kappa shape index (κ1) is 25.7. The summed E-state index contributed by atoms with van der Waals surface area (Å²) < 4.78 is 52.9. The van der Waals surface area contributed by atoms with E-state index in [-0.39, 0.29) is 37.2 Å². The van der Waals surface area contributed by atoms with Crippen LogP contribution >= 0.6 is 34.3 Å². The quantitative estimate of drug-likeness (QED) is 0.330. The molecule has 1 amide bonds. The number of amides is 1. The highest BCUT2D eigenvalue weighted by Gasteiger charge is 2.34. The van der Waals surface area contributed by atoms with Crippen molar-refractivity contribution in [1.82, 2.24) is 9.29 Å². The Bertz CT molecular complexity index is 1480. The van der Waals surface area contributed by atoms with Crippen molar-refractivity contribution in [3.05, 3.63) is 57.0 Å². The van der Waals surface area contributed by atoms with Crippen LogP contribution in [-0.2, 0) is 24.7 Å². The van der Waals surface area contributed by atoms with E-state index in [0.29, 0.717) is 17.2 Å². The highest BCUT2D eigenvalue weighted by atomic mass is 35.5. The van der Waals surface area contributed by atoms with Crippen molar-refractivity contribution in [2.24, 2.45) is 5.92 Å². The number of halogens is 1. The largest absolute Gasteiger partial charge is 0.302 e. The topological polar surface area (TPSA) is 157 Å². The number of nitro groups is 1. The number of sulfonamides is 1. The lowest BCUT2D eigenvalue weighted by Crippen LogP contribution is -2.43. The fourth-order valence-corrected chi connectivity index (χ4v) is 9.05. The molecule has 1 N–H and O–H groups in total. The Morgan fingerprint density at radius 1 is 1.11 bits per heavy atom. The van der Waals surface area contributed by atoms with Crippen molar-refractivity contribution in [3.8, 4) is 0 Å². The van der Waals surface area contributed by atoms with E-state index >= 15 is 0 Å². The third-order valence-corrected chi connectivity index (χ3v) is 11.9. The van der Waals surface area contributed by atoms with Gasteiger partial charge in [-0.2, -0.15) is 4.31 Å². The van der Waals surface area contributed by atoms with E-state index in [1.165, 1.54) is 16.4 Å². The summed E-state index contributed by atoms with van der Waals surface area (Å²) in [5.41, 5.74) is -0.244. The smallest absolute Gasteiger partial charge is 0.269 e. The van der Waals surface area contributed by atoms with Crippen LogP contribution in [0.3, 0.4) is 0 Å². The maximum Gasteiger partial charge on any atom is 0.269 e. The molecule has 35 heavy (non-hydrogen) atoms. The Labute approximate surface area is 213 Å². The number of carbonyl (C=O) groups excluding carboxylic acids is 1. The number of hydrogen-bond acceptors (Lipinski definition) is 10. The second kappa shape index (κ2) is 9.91. The molecule has 0 saturated carbocycles. The Kier molecular flexibility index (Phi) is 7.26. The molecule has 1 fully saturated rings. The number of benzene rings is 1. The second-order valence-corrected chi connectivity index (χ2v) is 14.6. The molecule has 186 valence electrons. The Balaban J connectivity index is 1.45. The molecule has 3 aromatic rings. The van der Waals surface area contributed by atoms with E-state index in [1.54, 1.807) is 0 Å². The van der Waals surface area contributed by atoms with Gasteiger partial charge in [-0.15, -0.1) is 11.3 Å². The third kappa shape index (κ3) is 5.39. The van der Waals surface area contributed by atoms with Crippen molar-refractivity contribution in [1.29, 1.82) is 0 Å². The Morgan fingerprint density at radius 2 is 1.83 bits per heavy atom. The molecule has 1 aliphatic heterocycles. The number of nitro benzene ring substituents is 1. The maximum absolute atomic E-state index is 12.9. The number of non-ortho nitro benzene ring substituents is 1. The summed E-state index contributed by atoms with van der Waals surface area (Å²) >= 11 is 7.54. The minimum absolute atomic E-state index is 0.0248.